The van der Waals surface area contributed by atoms with Crippen molar-refractivity contribution in [3.8, 4) is 5.69 Å². The van der Waals surface area contributed by atoms with Crippen molar-refractivity contribution in [2.75, 3.05) is 7.11 Å². The van der Waals surface area contributed by atoms with Crippen molar-refractivity contribution in [1.29, 1.82) is 0 Å². The number of methoxy groups -OCH3 is 1. The summed E-state index contributed by atoms with van der Waals surface area (Å²) in [6, 6.07) is 21.3. The fourth-order valence-electron chi connectivity index (χ4n) is 4.93. The summed E-state index contributed by atoms with van der Waals surface area (Å²) in [5, 5.41) is 4.19. The second-order valence-electron chi connectivity index (χ2n) is 8.78. The van der Waals surface area contributed by atoms with Crippen molar-refractivity contribution < 1.29 is 9.53 Å². The lowest BCUT2D eigenvalue weighted by Gasteiger charge is -2.28. The van der Waals surface area contributed by atoms with Gasteiger partial charge in [0.1, 0.15) is 0 Å². The van der Waals surface area contributed by atoms with Crippen LogP contribution in [0.15, 0.2) is 79.1 Å². The molecule has 2 atom stereocenters. The third kappa shape index (κ3) is 4.35. The first-order valence-corrected chi connectivity index (χ1v) is 12.1. The maximum atomic E-state index is 11.9. The molecular weight excluding hydrogens is 470 g/mol. The minimum atomic E-state index is -0.350. The summed E-state index contributed by atoms with van der Waals surface area (Å²) in [6.45, 7) is 4.79. The van der Waals surface area contributed by atoms with Crippen LogP contribution in [0.25, 0.3) is 5.69 Å². The minimum absolute atomic E-state index is 0.0799. The average Bonchev–Trinajstić information content (AvgIpc) is 3.39. The molecule has 1 aromatic carbocycles. The van der Waals surface area contributed by atoms with Crippen molar-refractivity contribution in [3.05, 3.63) is 113 Å². The molecule has 36 heavy (non-hydrogen) atoms. The number of benzene rings is 1. The molecular formula is C28H27N5O2S. The molecule has 0 bridgehead atoms. The van der Waals surface area contributed by atoms with E-state index < -0.39 is 0 Å². The highest BCUT2D eigenvalue weighted by Crippen LogP contribution is 2.42. The number of aromatic nitrogens is 3. The number of esters is 1. The molecule has 0 saturated carbocycles. The average molecular weight is 498 g/mol. The molecule has 8 heteroatoms. The smallest absolute Gasteiger partial charge is 0.337 e. The highest BCUT2D eigenvalue weighted by molar-refractivity contribution is 7.80. The molecule has 7 nitrogen and oxygen atoms in total. The van der Waals surface area contributed by atoms with Crippen molar-refractivity contribution in [3.63, 3.8) is 0 Å². The van der Waals surface area contributed by atoms with Gasteiger partial charge in [0, 0.05) is 29.5 Å². The number of ether oxygens (including phenoxy) is 1. The van der Waals surface area contributed by atoms with Crippen molar-refractivity contribution in [2.45, 2.75) is 32.5 Å². The van der Waals surface area contributed by atoms with E-state index in [1.807, 2.05) is 54.7 Å². The number of nitrogens with zero attached hydrogens (tertiary/aromatic N) is 4. The maximum absolute atomic E-state index is 11.9. The largest absolute Gasteiger partial charge is 0.465 e. The molecule has 1 saturated heterocycles. The zero-order valence-electron chi connectivity index (χ0n) is 20.4. The Labute approximate surface area is 215 Å². The van der Waals surface area contributed by atoms with Gasteiger partial charge in [-0.3, -0.25) is 9.97 Å². The fraction of sp³-hybridized carbons (Fsp3) is 0.214. The van der Waals surface area contributed by atoms with Crippen LogP contribution in [0.1, 0.15) is 50.8 Å². The number of pyridine rings is 2. The van der Waals surface area contributed by atoms with Crippen LogP contribution in [0, 0.1) is 13.8 Å². The van der Waals surface area contributed by atoms with E-state index in [0.717, 1.165) is 34.0 Å². The number of hydrogen-bond acceptors (Lipinski definition) is 5. The van der Waals surface area contributed by atoms with Crippen LogP contribution in [-0.2, 0) is 11.3 Å². The Morgan fingerprint density at radius 1 is 1.03 bits per heavy atom. The van der Waals surface area contributed by atoms with Gasteiger partial charge in [0.05, 0.1) is 42.7 Å². The van der Waals surface area contributed by atoms with E-state index in [2.05, 4.69) is 44.7 Å². The van der Waals surface area contributed by atoms with Gasteiger partial charge in [0.2, 0.25) is 0 Å². The van der Waals surface area contributed by atoms with Crippen LogP contribution >= 0.6 is 12.2 Å². The van der Waals surface area contributed by atoms with E-state index >= 15 is 0 Å². The van der Waals surface area contributed by atoms with Gasteiger partial charge in [-0.05, 0) is 86.2 Å². The summed E-state index contributed by atoms with van der Waals surface area (Å²) in [6.07, 6.45) is 3.61. The first-order valence-electron chi connectivity index (χ1n) is 11.7. The van der Waals surface area contributed by atoms with Gasteiger partial charge in [-0.1, -0.05) is 12.1 Å². The monoisotopic (exact) mass is 497 g/mol. The molecule has 0 spiro atoms. The van der Waals surface area contributed by atoms with Gasteiger partial charge < -0.3 is 19.5 Å². The highest BCUT2D eigenvalue weighted by Gasteiger charge is 2.41. The Kier molecular flexibility index (Phi) is 6.52. The van der Waals surface area contributed by atoms with E-state index in [9.17, 15) is 4.79 Å². The standard InChI is InChI=1S/C28H27N5O2S/c1-18-16-23(19(2)33(18)22-12-10-20(11-13-22)27(34)35-3)26-25(24-9-5-7-15-30-24)31-28(36)32(26)17-21-8-4-6-14-29-21/h4-16,25-26H,17H2,1-3H3,(H,31,36)/t25-,26-/m0/s1. The second-order valence-corrected chi connectivity index (χ2v) is 9.16. The van der Waals surface area contributed by atoms with E-state index in [0.29, 0.717) is 17.2 Å². The van der Waals surface area contributed by atoms with E-state index in [-0.39, 0.29) is 18.1 Å². The lowest BCUT2D eigenvalue weighted by Crippen LogP contribution is -2.29. The van der Waals surface area contributed by atoms with Crippen LogP contribution in [0.5, 0.6) is 0 Å². The predicted molar refractivity (Wildman–Crippen MR) is 142 cm³/mol. The highest BCUT2D eigenvalue weighted by atomic mass is 32.1. The molecule has 0 unspecified atom stereocenters. The first kappa shape index (κ1) is 23.7. The van der Waals surface area contributed by atoms with Crippen LogP contribution < -0.4 is 5.32 Å². The number of carbonyl (C=O) groups is 1. The summed E-state index contributed by atoms with van der Waals surface area (Å²) >= 11 is 5.83. The fourth-order valence-corrected chi connectivity index (χ4v) is 5.23. The minimum Gasteiger partial charge on any atom is -0.465 e. The number of rotatable bonds is 6. The lowest BCUT2D eigenvalue weighted by molar-refractivity contribution is 0.0600. The molecule has 1 fully saturated rings. The summed E-state index contributed by atoms with van der Waals surface area (Å²) in [7, 11) is 1.39. The molecule has 0 aliphatic carbocycles. The first-order chi connectivity index (χ1) is 17.5. The number of thiocarbonyl (C=S) groups is 1. The molecule has 3 aromatic heterocycles. The third-order valence-corrected chi connectivity index (χ3v) is 6.94. The Morgan fingerprint density at radius 2 is 1.75 bits per heavy atom. The third-order valence-electron chi connectivity index (χ3n) is 6.59. The van der Waals surface area contributed by atoms with Crippen LogP contribution in [0.2, 0.25) is 0 Å². The molecule has 1 aliphatic heterocycles. The number of nitrogens with one attached hydrogen (secondary N) is 1. The van der Waals surface area contributed by atoms with Crippen LogP contribution in [0.3, 0.4) is 0 Å². The molecule has 4 aromatic rings. The van der Waals surface area contributed by atoms with E-state index in [1.165, 1.54) is 7.11 Å². The zero-order chi connectivity index (χ0) is 25.2. The lowest BCUT2D eigenvalue weighted by atomic mass is 9.96. The van der Waals surface area contributed by atoms with Gasteiger partial charge in [-0.15, -0.1) is 0 Å². The summed E-state index contributed by atoms with van der Waals surface area (Å²) < 4.78 is 7.04. The predicted octanol–water partition coefficient (Wildman–Crippen LogP) is 4.84. The molecule has 1 aliphatic rings. The Morgan fingerprint density at radius 3 is 2.39 bits per heavy atom. The van der Waals surface area contributed by atoms with Crippen LogP contribution in [-0.4, -0.2) is 37.6 Å². The van der Waals surface area contributed by atoms with E-state index in [4.69, 9.17) is 17.0 Å². The second kappa shape index (κ2) is 9.91. The van der Waals surface area contributed by atoms with Crippen molar-refractivity contribution in [1.82, 2.24) is 24.8 Å². The van der Waals surface area contributed by atoms with Gasteiger partial charge in [-0.25, -0.2) is 4.79 Å². The van der Waals surface area contributed by atoms with Gasteiger partial charge in [0.15, 0.2) is 5.11 Å². The van der Waals surface area contributed by atoms with Crippen molar-refractivity contribution >= 4 is 23.3 Å². The van der Waals surface area contributed by atoms with Gasteiger partial charge in [-0.2, -0.15) is 0 Å². The molecule has 5 rings (SSSR count). The SMILES string of the molecule is COC(=O)c1ccc(-n2c(C)cc([C@H]3[C@H](c4ccccn4)NC(=S)N3Cc3ccccn3)c2C)cc1. The van der Waals surface area contributed by atoms with Crippen LogP contribution in [0.4, 0.5) is 0 Å². The zero-order valence-corrected chi connectivity index (χ0v) is 21.2. The Hall–Kier alpha value is -4.04. The van der Waals surface area contributed by atoms with Gasteiger partial charge in [0.25, 0.3) is 0 Å². The van der Waals surface area contributed by atoms with Crippen molar-refractivity contribution in [2.24, 2.45) is 0 Å². The quantitative estimate of drug-likeness (QED) is 0.302. The topological polar surface area (TPSA) is 72.3 Å². The maximum Gasteiger partial charge on any atom is 0.337 e. The number of hydrogen-bond donors (Lipinski definition) is 1. The number of aryl methyl sites for hydroxylation is 1. The molecule has 4 heterocycles. The normalized spacial score (nSPS) is 17.2. The summed E-state index contributed by atoms with van der Waals surface area (Å²) in [5.41, 5.74) is 6.71. The summed E-state index contributed by atoms with van der Waals surface area (Å²) in [4.78, 5) is 23.3. The Balaban J connectivity index is 1.58. The summed E-state index contributed by atoms with van der Waals surface area (Å²) in [5.74, 6) is -0.350. The molecule has 182 valence electrons. The van der Waals surface area contributed by atoms with Gasteiger partial charge >= 0.3 is 5.97 Å². The molecule has 1 N–H and O–H groups in total. The number of carbonyl (C=O) groups excluding carboxylic acids is 1. The van der Waals surface area contributed by atoms with E-state index in [1.54, 1.807) is 18.3 Å². The molecule has 0 amide bonds. The Bertz CT molecular complexity index is 1390. The molecule has 0 radical (unpaired) electrons.